The number of aromatic nitrogens is 2. The van der Waals surface area contributed by atoms with Crippen LogP contribution in [0.25, 0.3) is 111 Å². The summed E-state index contributed by atoms with van der Waals surface area (Å²) >= 11 is 0. The van der Waals surface area contributed by atoms with E-state index in [4.69, 9.17) is 9.97 Å². The van der Waals surface area contributed by atoms with Crippen molar-refractivity contribution in [2.45, 2.75) is 0 Å². The summed E-state index contributed by atoms with van der Waals surface area (Å²) in [4.78, 5) is 10.6. The lowest BCUT2D eigenvalue weighted by Gasteiger charge is -2.15. The Morgan fingerprint density at radius 3 is 1.48 bits per heavy atom. The first kappa shape index (κ1) is 35.2. The molecule has 0 fully saturated rings. The molecule has 1 heterocycles. The average Bonchev–Trinajstić information content (AvgIpc) is 3.34. The third-order valence-corrected chi connectivity index (χ3v) is 11.7. The lowest BCUT2D eigenvalue weighted by Crippen LogP contribution is -1.97. The van der Waals surface area contributed by atoms with Gasteiger partial charge in [0.25, 0.3) is 0 Å². The summed E-state index contributed by atoms with van der Waals surface area (Å²) < 4.78 is 0. The second-order valence-corrected chi connectivity index (χ2v) is 15.3. The molecule has 11 rings (SSSR count). The predicted molar refractivity (Wildman–Crippen MR) is 253 cm³/mol. The topological polar surface area (TPSA) is 25.8 Å². The van der Waals surface area contributed by atoms with Crippen LogP contribution in [0.15, 0.2) is 231 Å². The molecule has 2 heteroatoms. The summed E-state index contributed by atoms with van der Waals surface area (Å²) in [7, 11) is 0. The second kappa shape index (κ2) is 15.1. The highest BCUT2D eigenvalue weighted by molar-refractivity contribution is 6.20. The van der Waals surface area contributed by atoms with Gasteiger partial charge in [-0.05, 0) is 101 Å². The summed E-state index contributed by atoms with van der Waals surface area (Å²) in [6, 6.07) is 82.4. The summed E-state index contributed by atoms with van der Waals surface area (Å²) in [5.74, 6) is 0.682. The lowest BCUT2D eigenvalue weighted by molar-refractivity contribution is 1.18. The van der Waals surface area contributed by atoms with E-state index in [1.165, 1.54) is 54.6 Å². The largest absolute Gasteiger partial charge is 0.228 e. The maximum absolute atomic E-state index is 5.34. The maximum Gasteiger partial charge on any atom is 0.160 e. The molecule has 11 aromatic rings. The van der Waals surface area contributed by atoms with Gasteiger partial charge >= 0.3 is 0 Å². The van der Waals surface area contributed by atoms with E-state index in [0.717, 1.165) is 50.3 Å². The highest BCUT2D eigenvalue weighted by Gasteiger charge is 2.17. The molecule has 0 aliphatic rings. The van der Waals surface area contributed by atoms with Gasteiger partial charge in [0.2, 0.25) is 0 Å². The smallest absolute Gasteiger partial charge is 0.160 e. The standard InChI is InChI=1S/C58H38N2/c1-4-15-39(16-5-1)45-23-14-24-47(35-45)55-38-56(48-32-33-50(40-17-6-2-7-18-40)53(37-48)41-19-8-3-9-20-41)60-58(59-55)44-29-27-43(28-30-44)57-51-26-13-11-22-46(51)36-54-49-25-12-10-21-42(49)31-34-52(54)57/h1-38H. The average molecular weight is 763 g/mol. The Morgan fingerprint density at radius 2 is 0.767 bits per heavy atom. The number of fused-ring (bicyclic) bond motifs is 4. The summed E-state index contributed by atoms with van der Waals surface area (Å²) in [5.41, 5.74) is 14.2. The Balaban J connectivity index is 1.08. The zero-order valence-corrected chi connectivity index (χ0v) is 32.8. The highest BCUT2D eigenvalue weighted by Crippen LogP contribution is 2.41. The van der Waals surface area contributed by atoms with Gasteiger partial charge in [0.15, 0.2) is 5.82 Å². The Hall–Kier alpha value is -7.94. The SMILES string of the molecule is c1ccc(-c2cccc(-c3cc(-c4ccc(-c5ccccc5)c(-c5ccccc5)c4)nc(-c4ccc(-c5c6ccccc6cc6c5ccc5ccccc56)cc4)n3)c2)cc1. The molecule has 0 atom stereocenters. The first-order valence-corrected chi connectivity index (χ1v) is 20.5. The van der Waals surface area contributed by atoms with Gasteiger partial charge in [-0.25, -0.2) is 9.97 Å². The summed E-state index contributed by atoms with van der Waals surface area (Å²) in [6.45, 7) is 0. The fourth-order valence-electron chi connectivity index (χ4n) is 8.71. The van der Waals surface area contributed by atoms with E-state index in [1.807, 2.05) is 0 Å². The Morgan fingerprint density at radius 1 is 0.233 bits per heavy atom. The molecule has 60 heavy (non-hydrogen) atoms. The van der Waals surface area contributed by atoms with Crippen molar-refractivity contribution in [2.24, 2.45) is 0 Å². The Bertz CT molecular complexity index is 3340. The molecule has 0 saturated carbocycles. The summed E-state index contributed by atoms with van der Waals surface area (Å²) in [5, 5.41) is 7.48. The van der Waals surface area contributed by atoms with E-state index in [2.05, 4.69) is 231 Å². The molecular weight excluding hydrogens is 725 g/mol. The van der Waals surface area contributed by atoms with Gasteiger partial charge in [-0.3, -0.25) is 0 Å². The van der Waals surface area contributed by atoms with Crippen molar-refractivity contribution in [1.82, 2.24) is 9.97 Å². The van der Waals surface area contributed by atoms with Crippen molar-refractivity contribution >= 4 is 32.3 Å². The molecule has 10 aromatic carbocycles. The second-order valence-electron chi connectivity index (χ2n) is 15.3. The molecule has 0 amide bonds. The molecule has 0 saturated heterocycles. The minimum atomic E-state index is 0.682. The van der Waals surface area contributed by atoms with E-state index in [0.29, 0.717) is 5.82 Å². The van der Waals surface area contributed by atoms with E-state index in [-0.39, 0.29) is 0 Å². The van der Waals surface area contributed by atoms with Crippen LogP contribution in [0.3, 0.4) is 0 Å². The van der Waals surface area contributed by atoms with Gasteiger partial charge in [0.05, 0.1) is 11.4 Å². The molecular formula is C58H38N2. The third-order valence-electron chi connectivity index (χ3n) is 11.7. The molecule has 0 aliphatic heterocycles. The number of nitrogens with zero attached hydrogens (tertiary/aromatic N) is 2. The Kier molecular flexibility index (Phi) is 8.87. The van der Waals surface area contributed by atoms with Crippen molar-refractivity contribution in [3.05, 3.63) is 231 Å². The molecule has 1 aromatic heterocycles. The number of benzene rings is 10. The quantitative estimate of drug-likeness (QED) is 0.119. The van der Waals surface area contributed by atoms with Crippen LogP contribution in [0, 0.1) is 0 Å². The van der Waals surface area contributed by atoms with Crippen molar-refractivity contribution in [1.29, 1.82) is 0 Å². The molecule has 0 unspecified atom stereocenters. The Labute approximate surface area is 349 Å². The van der Waals surface area contributed by atoms with Gasteiger partial charge in [-0.1, -0.05) is 206 Å². The van der Waals surface area contributed by atoms with E-state index in [1.54, 1.807) is 0 Å². The first-order valence-electron chi connectivity index (χ1n) is 20.5. The van der Waals surface area contributed by atoms with Crippen molar-refractivity contribution in [3.8, 4) is 78.4 Å². The van der Waals surface area contributed by atoms with E-state index < -0.39 is 0 Å². The van der Waals surface area contributed by atoms with Crippen LogP contribution in [0.4, 0.5) is 0 Å². The highest BCUT2D eigenvalue weighted by atomic mass is 14.9. The molecule has 0 N–H and O–H groups in total. The van der Waals surface area contributed by atoms with Crippen LogP contribution >= 0.6 is 0 Å². The van der Waals surface area contributed by atoms with Gasteiger partial charge in [0, 0.05) is 16.7 Å². The van der Waals surface area contributed by atoms with Crippen LogP contribution in [0.1, 0.15) is 0 Å². The molecule has 0 spiro atoms. The fraction of sp³-hybridized carbons (Fsp3) is 0. The lowest BCUT2D eigenvalue weighted by atomic mass is 9.89. The molecule has 0 radical (unpaired) electrons. The predicted octanol–water partition coefficient (Wildman–Crippen LogP) is 15.6. The molecule has 0 bridgehead atoms. The first-order chi connectivity index (χ1) is 29.7. The van der Waals surface area contributed by atoms with Crippen molar-refractivity contribution < 1.29 is 0 Å². The van der Waals surface area contributed by atoms with Gasteiger partial charge in [-0.2, -0.15) is 0 Å². The molecule has 0 aliphatic carbocycles. The monoisotopic (exact) mass is 762 g/mol. The summed E-state index contributed by atoms with van der Waals surface area (Å²) in [6.07, 6.45) is 0. The van der Waals surface area contributed by atoms with Gasteiger partial charge in [-0.15, -0.1) is 0 Å². The van der Waals surface area contributed by atoms with Gasteiger partial charge < -0.3 is 0 Å². The zero-order chi connectivity index (χ0) is 39.8. The van der Waals surface area contributed by atoms with Crippen LogP contribution in [-0.2, 0) is 0 Å². The van der Waals surface area contributed by atoms with Crippen molar-refractivity contribution in [3.63, 3.8) is 0 Å². The van der Waals surface area contributed by atoms with Crippen LogP contribution in [0.2, 0.25) is 0 Å². The van der Waals surface area contributed by atoms with Crippen LogP contribution in [0.5, 0.6) is 0 Å². The van der Waals surface area contributed by atoms with Crippen molar-refractivity contribution in [2.75, 3.05) is 0 Å². The van der Waals surface area contributed by atoms with Gasteiger partial charge in [0.1, 0.15) is 0 Å². The van der Waals surface area contributed by atoms with Crippen LogP contribution < -0.4 is 0 Å². The maximum atomic E-state index is 5.34. The number of rotatable bonds is 7. The van der Waals surface area contributed by atoms with E-state index >= 15 is 0 Å². The minimum absolute atomic E-state index is 0.682. The zero-order valence-electron chi connectivity index (χ0n) is 32.8. The number of hydrogen-bond donors (Lipinski definition) is 0. The third kappa shape index (κ3) is 6.51. The minimum Gasteiger partial charge on any atom is -0.228 e. The van der Waals surface area contributed by atoms with Crippen LogP contribution in [-0.4, -0.2) is 9.97 Å². The fourth-order valence-corrected chi connectivity index (χ4v) is 8.71. The molecule has 280 valence electrons. The molecule has 2 nitrogen and oxygen atoms in total. The van der Waals surface area contributed by atoms with E-state index in [9.17, 15) is 0 Å². The number of hydrogen-bond acceptors (Lipinski definition) is 2. The normalized spacial score (nSPS) is 11.3.